The van der Waals surface area contributed by atoms with Crippen molar-refractivity contribution in [2.75, 3.05) is 25.5 Å². The van der Waals surface area contributed by atoms with E-state index in [-0.39, 0.29) is 5.54 Å². The molecule has 0 radical (unpaired) electrons. The lowest BCUT2D eigenvalue weighted by Crippen LogP contribution is -2.49. The predicted molar refractivity (Wildman–Crippen MR) is 65.8 cm³/mol. The highest BCUT2D eigenvalue weighted by Gasteiger charge is 2.29. The topological polar surface area (TPSA) is 41.0 Å². The van der Waals surface area contributed by atoms with Gasteiger partial charge in [-0.25, -0.2) is 0 Å². The summed E-state index contributed by atoms with van der Waals surface area (Å²) >= 11 is 5.70. The van der Waals surface area contributed by atoms with Crippen LogP contribution in [-0.2, 0) is 0 Å². The largest absolute Gasteiger partial charge is 0.362 e. The molecular weight excluding hydrogens is 224 g/mol. The molecule has 1 unspecified atom stereocenters. The number of halogens is 1. The molecule has 1 atom stereocenters. The average molecular weight is 241 g/mol. The molecule has 0 spiro atoms. The highest BCUT2D eigenvalue weighted by atomic mass is 35.5. The number of nitrogens with one attached hydrogen (secondary N) is 1. The Kier molecular flexibility index (Phi) is 3.30. The minimum Gasteiger partial charge on any atom is -0.362 e. The first-order chi connectivity index (χ1) is 7.57. The molecule has 1 saturated heterocycles. The first kappa shape index (κ1) is 11.6. The highest BCUT2D eigenvalue weighted by molar-refractivity contribution is 6.29. The molecule has 0 saturated carbocycles. The van der Waals surface area contributed by atoms with Gasteiger partial charge in [-0.2, -0.15) is 0 Å². The van der Waals surface area contributed by atoms with Crippen molar-refractivity contribution in [3.8, 4) is 0 Å². The van der Waals surface area contributed by atoms with E-state index in [1.807, 2.05) is 6.07 Å². The fraction of sp³-hybridized carbons (Fsp3) is 0.636. The maximum Gasteiger partial charge on any atom is 0.151 e. The lowest BCUT2D eigenvalue weighted by molar-refractivity contribution is 0.206. The van der Waals surface area contributed by atoms with E-state index in [1.54, 1.807) is 6.07 Å². The molecule has 1 aromatic heterocycles. The highest BCUT2D eigenvalue weighted by Crippen LogP contribution is 2.23. The predicted octanol–water partition coefficient (Wildman–Crippen LogP) is 2.03. The van der Waals surface area contributed by atoms with Crippen molar-refractivity contribution in [1.29, 1.82) is 0 Å². The van der Waals surface area contributed by atoms with Gasteiger partial charge in [-0.15, -0.1) is 10.2 Å². The minimum atomic E-state index is 0.0789. The molecule has 16 heavy (non-hydrogen) atoms. The molecule has 0 aliphatic carbocycles. The molecule has 1 fully saturated rings. The Morgan fingerprint density at radius 3 is 2.88 bits per heavy atom. The molecular formula is C11H17ClN4. The van der Waals surface area contributed by atoms with Crippen LogP contribution in [-0.4, -0.2) is 40.8 Å². The number of aromatic nitrogens is 2. The summed E-state index contributed by atoms with van der Waals surface area (Å²) in [4.78, 5) is 2.33. The van der Waals surface area contributed by atoms with Gasteiger partial charge < -0.3 is 10.2 Å². The molecule has 4 nitrogen and oxygen atoms in total. The van der Waals surface area contributed by atoms with Crippen LogP contribution in [0, 0.1) is 0 Å². The third-order valence-corrected chi connectivity index (χ3v) is 3.15. The smallest absolute Gasteiger partial charge is 0.151 e. The van der Waals surface area contributed by atoms with E-state index in [9.17, 15) is 0 Å². The third kappa shape index (κ3) is 2.83. The van der Waals surface area contributed by atoms with Gasteiger partial charge in [0.25, 0.3) is 0 Å². The molecule has 0 amide bonds. The Morgan fingerprint density at radius 2 is 2.25 bits per heavy atom. The van der Waals surface area contributed by atoms with Gasteiger partial charge in [-0.1, -0.05) is 11.6 Å². The fourth-order valence-corrected chi connectivity index (χ4v) is 2.39. The van der Waals surface area contributed by atoms with Gasteiger partial charge in [0, 0.05) is 12.1 Å². The van der Waals surface area contributed by atoms with E-state index < -0.39 is 0 Å². The second kappa shape index (κ2) is 4.55. The van der Waals surface area contributed by atoms with Crippen molar-refractivity contribution >= 4 is 17.4 Å². The van der Waals surface area contributed by atoms with Gasteiger partial charge >= 0.3 is 0 Å². The van der Waals surface area contributed by atoms with Gasteiger partial charge in [-0.05, 0) is 45.5 Å². The Hall–Kier alpha value is -0.870. The van der Waals surface area contributed by atoms with Crippen LogP contribution < -0.4 is 5.32 Å². The van der Waals surface area contributed by atoms with Gasteiger partial charge in [0.2, 0.25) is 0 Å². The summed E-state index contributed by atoms with van der Waals surface area (Å²) in [7, 11) is 2.15. The van der Waals surface area contributed by atoms with Crippen LogP contribution >= 0.6 is 11.6 Å². The number of likely N-dealkylation sites (N-methyl/N-ethyl adjacent to an activating group) is 1. The molecule has 2 rings (SSSR count). The van der Waals surface area contributed by atoms with Gasteiger partial charge in [0.15, 0.2) is 5.15 Å². The van der Waals surface area contributed by atoms with Crippen molar-refractivity contribution in [1.82, 2.24) is 15.1 Å². The molecule has 2 heterocycles. The van der Waals surface area contributed by atoms with E-state index >= 15 is 0 Å². The summed E-state index contributed by atoms with van der Waals surface area (Å²) in [6, 6.07) is 3.63. The second-order valence-corrected chi connectivity index (χ2v) is 5.16. The molecule has 1 aromatic rings. The van der Waals surface area contributed by atoms with Gasteiger partial charge in [0.1, 0.15) is 5.82 Å². The van der Waals surface area contributed by atoms with Crippen molar-refractivity contribution in [3.05, 3.63) is 17.3 Å². The fourth-order valence-electron chi connectivity index (χ4n) is 2.29. The number of piperidine rings is 1. The molecule has 1 aliphatic rings. The average Bonchev–Trinajstić information content (AvgIpc) is 2.21. The lowest BCUT2D eigenvalue weighted by Gasteiger charge is -2.39. The monoisotopic (exact) mass is 240 g/mol. The van der Waals surface area contributed by atoms with E-state index in [1.165, 1.54) is 13.0 Å². The van der Waals surface area contributed by atoms with Crippen LogP contribution in [0.2, 0.25) is 5.15 Å². The maximum absolute atomic E-state index is 5.70. The van der Waals surface area contributed by atoms with E-state index in [2.05, 4.69) is 34.4 Å². The first-order valence-electron chi connectivity index (χ1n) is 5.53. The number of nitrogens with zero attached hydrogens (tertiary/aromatic N) is 3. The lowest BCUT2D eigenvalue weighted by atomic mass is 9.91. The molecule has 0 bridgehead atoms. The Morgan fingerprint density at radius 1 is 1.44 bits per heavy atom. The Bertz CT molecular complexity index is 354. The standard InChI is InChI=1S/C11H17ClN4/c1-11(6-3-7-16(2)8-11)13-10-5-4-9(12)14-15-10/h4-5H,3,6-8H2,1-2H3,(H,13,15). The second-order valence-electron chi connectivity index (χ2n) is 4.77. The quantitative estimate of drug-likeness (QED) is 0.859. The molecule has 5 heteroatoms. The van der Waals surface area contributed by atoms with E-state index in [4.69, 9.17) is 11.6 Å². The van der Waals surface area contributed by atoms with Crippen molar-refractivity contribution in [3.63, 3.8) is 0 Å². The summed E-state index contributed by atoms with van der Waals surface area (Å²) < 4.78 is 0. The zero-order valence-electron chi connectivity index (χ0n) is 9.70. The minimum absolute atomic E-state index is 0.0789. The number of anilines is 1. The number of rotatable bonds is 2. The maximum atomic E-state index is 5.70. The molecule has 0 aromatic carbocycles. The Balaban J connectivity index is 2.05. The van der Waals surface area contributed by atoms with Crippen LogP contribution in [0.5, 0.6) is 0 Å². The summed E-state index contributed by atoms with van der Waals surface area (Å²) in [5, 5.41) is 11.7. The zero-order valence-corrected chi connectivity index (χ0v) is 10.5. The van der Waals surface area contributed by atoms with Crippen LogP contribution in [0.15, 0.2) is 12.1 Å². The third-order valence-electron chi connectivity index (χ3n) is 2.95. The normalized spacial score (nSPS) is 26.7. The summed E-state index contributed by atoms with van der Waals surface area (Å²) in [5.41, 5.74) is 0.0789. The van der Waals surface area contributed by atoms with Crippen molar-refractivity contribution in [2.24, 2.45) is 0 Å². The summed E-state index contributed by atoms with van der Waals surface area (Å²) in [5.74, 6) is 0.794. The van der Waals surface area contributed by atoms with Crippen LogP contribution in [0.3, 0.4) is 0 Å². The van der Waals surface area contributed by atoms with Crippen LogP contribution in [0.1, 0.15) is 19.8 Å². The molecule has 88 valence electrons. The molecule has 1 aliphatic heterocycles. The Labute approximate surface area is 101 Å². The SMILES string of the molecule is CN1CCCC(C)(Nc2ccc(Cl)nn2)C1. The molecule has 1 N–H and O–H groups in total. The van der Waals surface area contributed by atoms with Crippen LogP contribution in [0.25, 0.3) is 0 Å². The first-order valence-corrected chi connectivity index (χ1v) is 5.91. The summed E-state index contributed by atoms with van der Waals surface area (Å²) in [6.07, 6.45) is 2.36. The summed E-state index contributed by atoms with van der Waals surface area (Å²) in [6.45, 7) is 4.42. The number of hydrogen-bond acceptors (Lipinski definition) is 4. The van der Waals surface area contributed by atoms with Crippen molar-refractivity contribution < 1.29 is 0 Å². The van der Waals surface area contributed by atoms with Gasteiger partial charge in [-0.3, -0.25) is 0 Å². The zero-order chi connectivity index (χ0) is 11.6. The van der Waals surface area contributed by atoms with E-state index in [0.717, 1.165) is 18.8 Å². The number of likely N-dealkylation sites (tertiary alicyclic amines) is 1. The van der Waals surface area contributed by atoms with E-state index in [0.29, 0.717) is 5.15 Å². The number of hydrogen-bond donors (Lipinski definition) is 1. The van der Waals surface area contributed by atoms with Crippen LogP contribution in [0.4, 0.5) is 5.82 Å². The van der Waals surface area contributed by atoms with Crippen molar-refractivity contribution in [2.45, 2.75) is 25.3 Å². The van der Waals surface area contributed by atoms with Gasteiger partial charge in [0.05, 0.1) is 0 Å².